The summed E-state index contributed by atoms with van der Waals surface area (Å²) in [6, 6.07) is 24.7. The van der Waals surface area contributed by atoms with E-state index in [4.69, 9.17) is 4.74 Å². The number of pyridine rings is 1. The first kappa shape index (κ1) is 23.0. The molecule has 0 saturated carbocycles. The van der Waals surface area contributed by atoms with Crippen LogP contribution in [0.3, 0.4) is 0 Å². The number of hydrogen-bond donors (Lipinski definition) is 0. The summed E-state index contributed by atoms with van der Waals surface area (Å²) in [5.74, 6) is 0.823. The lowest BCUT2D eigenvalue weighted by atomic mass is 10.0. The molecule has 1 fully saturated rings. The number of aromatic nitrogens is 1. The van der Waals surface area contributed by atoms with E-state index in [1.54, 1.807) is 0 Å². The Morgan fingerprint density at radius 2 is 1.73 bits per heavy atom. The molecule has 1 aliphatic heterocycles. The van der Waals surface area contributed by atoms with Gasteiger partial charge in [-0.2, -0.15) is 0 Å². The molecule has 0 spiro atoms. The molecule has 3 aromatic rings. The zero-order valence-electron chi connectivity index (χ0n) is 19.4. The number of nitrogens with zero attached hydrogens (tertiary/aromatic N) is 3. The minimum Gasteiger partial charge on any atom is -0.483 e. The van der Waals surface area contributed by atoms with E-state index in [1.165, 1.54) is 5.56 Å². The van der Waals surface area contributed by atoms with Crippen molar-refractivity contribution in [2.24, 2.45) is 0 Å². The van der Waals surface area contributed by atoms with Gasteiger partial charge in [-0.05, 0) is 42.2 Å². The number of benzene rings is 2. The lowest BCUT2D eigenvalue weighted by Crippen LogP contribution is -2.47. The van der Waals surface area contributed by atoms with Crippen LogP contribution in [0.25, 0.3) is 0 Å². The lowest BCUT2D eigenvalue weighted by molar-refractivity contribution is -0.135. The first-order valence-electron chi connectivity index (χ1n) is 11.8. The van der Waals surface area contributed by atoms with Crippen LogP contribution in [0.5, 0.6) is 5.75 Å². The molecular weight excluding hydrogens is 410 g/mol. The summed E-state index contributed by atoms with van der Waals surface area (Å²) >= 11 is 0. The molecular formula is C28H33N3O2. The lowest BCUT2D eigenvalue weighted by Gasteiger charge is -2.36. The summed E-state index contributed by atoms with van der Waals surface area (Å²) in [7, 11) is 1.91. The summed E-state index contributed by atoms with van der Waals surface area (Å²) in [4.78, 5) is 21.6. The van der Waals surface area contributed by atoms with Crippen molar-refractivity contribution < 1.29 is 9.53 Å². The highest BCUT2D eigenvalue weighted by atomic mass is 16.5. The van der Waals surface area contributed by atoms with E-state index in [9.17, 15) is 4.79 Å². The second-order valence-electron chi connectivity index (χ2n) is 8.71. The Morgan fingerprint density at radius 3 is 2.48 bits per heavy atom. The summed E-state index contributed by atoms with van der Waals surface area (Å²) in [5.41, 5.74) is 3.46. The Labute approximate surface area is 197 Å². The first-order valence-corrected chi connectivity index (χ1v) is 11.8. The number of para-hydroxylation sites is 1. The Balaban J connectivity index is 1.23. The minimum atomic E-state index is 0.0384. The zero-order valence-corrected chi connectivity index (χ0v) is 19.4. The van der Waals surface area contributed by atoms with Gasteiger partial charge >= 0.3 is 0 Å². The molecule has 1 saturated heterocycles. The number of carbonyl (C=O) groups excluding carboxylic acids is 1. The van der Waals surface area contributed by atoms with Crippen LogP contribution in [0.1, 0.15) is 29.7 Å². The average molecular weight is 444 g/mol. The molecule has 1 amide bonds. The van der Waals surface area contributed by atoms with Crippen LogP contribution in [-0.2, 0) is 17.6 Å². The van der Waals surface area contributed by atoms with Crippen molar-refractivity contribution in [3.8, 4) is 5.75 Å². The molecule has 0 bridgehead atoms. The molecule has 0 N–H and O–H groups in total. The van der Waals surface area contributed by atoms with Crippen molar-refractivity contribution >= 4 is 5.91 Å². The number of likely N-dealkylation sites (tertiary alicyclic amines) is 1. The third-order valence-electron chi connectivity index (χ3n) is 6.47. The summed E-state index contributed by atoms with van der Waals surface area (Å²) in [6.45, 7) is 3.11. The smallest absolute Gasteiger partial charge is 0.260 e. The van der Waals surface area contributed by atoms with E-state index < -0.39 is 0 Å². The predicted octanol–water partition coefficient (Wildman–Crippen LogP) is 4.22. The Kier molecular flexibility index (Phi) is 8.09. The molecule has 0 radical (unpaired) electrons. The third-order valence-corrected chi connectivity index (χ3v) is 6.47. The summed E-state index contributed by atoms with van der Waals surface area (Å²) in [5, 5.41) is 0. The number of piperidine rings is 1. The quantitative estimate of drug-likeness (QED) is 0.497. The van der Waals surface area contributed by atoms with Crippen molar-refractivity contribution in [3.63, 3.8) is 0 Å². The normalized spacial score (nSPS) is 14.7. The fraction of sp³-hybridized carbons (Fsp3) is 0.357. The minimum absolute atomic E-state index is 0.0384. The van der Waals surface area contributed by atoms with E-state index in [2.05, 4.69) is 34.1 Å². The van der Waals surface area contributed by atoms with Gasteiger partial charge in [-0.3, -0.25) is 9.78 Å². The van der Waals surface area contributed by atoms with Crippen molar-refractivity contribution in [2.75, 3.05) is 33.3 Å². The van der Waals surface area contributed by atoms with Gasteiger partial charge in [-0.1, -0.05) is 54.6 Å². The molecule has 172 valence electrons. The second kappa shape index (κ2) is 11.6. The van der Waals surface area contributed by atoms with E-state index in [1.807, 2.05) is 66.7 Å². The van der Waals surface area contributed by atoms with Gasteiger partial charge in [0, 0.05) is 57.5 Å². The van der Waals surface area contributed by atoms with Crippen molar-refractivity contribution in [1.29, 1.82) is 0 Å². The van der Waals surface area contributed by atoms with Crippen molar-refractivity contribution in [1.82, 2.24) is 14.8 Å². The van der Waals surface area contributed by atoms with Gasteiger partial charge in [-0.15, -0.1) is 0 Å². The zero-order chi connectivity index (χ0) is 22.9. The molecule has 0 aliphatic carbocycles. The topological polar surface area (TPSA) is 45.7 Å². The van der Waals surface area contributed by atoms with E-state index in [0.717, 1.165) is 62.3 Å². The van der Waals surface area contributed by atoms with Gasteiger partial charge in [0.2, 0.25) is 0 Å². The average Bonchev–Trinajstić information content (AvgIpc) is 2.88. The predicted molar refractivity (Wildman–Crippen MR) is 131 cm³/mol. The van der Waals surface area contributed by atoms with Gasteiger partial charge in [0.25, 0.3) is 5.91 Å². The number of carbonyl (C=O) groups is 1. The van der Waals surface area contributed by atoms with E-state index in [-0.39, 0.29) is 18.6 Å². The molecule has 1 aliphatic rings. The Morgan fingerprint density at radius 1 is 1.00 bits per heavy atom. The highest BCUT2D eigenvalue weighted by Gasteiger charge is 2.25. The molecule has 2 heterocycles. The summed E-state index contributed by atoms with van der Waals surface area (Å²) < 4.78 is 5.98. The highest BCUT2D eigenvalue weighted by Crippen LogP contribution is 2.22. The van der Waals surface area contributed by atoms with Crippen LogP contribution in [-0.4, -0.2) is 60.0 Å². The maximum absolute atomic E-state index is 12.9. The summed E-state index contributed by atoms with van der Waals surface area (Å²) in [6.07, 6.45) is 5.60. The monoisotopic (exact) mass is 443 g/mol. The Hall–Kier alpha value is -3.18. The van der Waals surface area contributed by atoms with Crippen LogP contribution >= 0.6 is 0 Å². The largest absolute Gasteiger partial charge is 0.483 e. The fourth-order valence-corrected chi connectivity index (χ4v) is 4.40. The van der Waals surface area contributed by atoms with E-state index in [0.29, 0.717) is 0 Å². The van der Waals surface area contributed by atoms with Gasteiger partial charge < -0.3 is 14.5 Å². The second-order valence-corrected chi connectivity index (χ2v) is 8.71. The van der Waals surface area contributed by atoms with Crippen molar-refractivity contribution in [2.45, 2.75) is 31.7 Å². The highest BCUT2D eigenvalue weighted by molar-refractivity contribution is 5.77. The molecule has 4 rings (SSSR count). The molecule has 5 heteroatoms. The molecule has 2 aromatic carbocycles. The molecule has 33 heavy (non-hydrogen) atoms. The molecule has 5 nitrogen and oxygen atoms in total. The third kappa shape index (κ3) is 6.65. The number of hydrogen-bond acceptors (Lipinski definition) is 4. The first-order chi connectivity index (χ1) is 16.2. The Bertz CT molecular complexity index is 1000. The molecule has 1 aromatic heterocycles. The maximum Gasteiger partial charge on any atom is 0.260 e. The van der Waals surface area contributed by atoms with Crippen molar-refractivity contribution in [3.05, 3.63) is 95.8 Å². The van der Waals surface area contributed by atoms with Crippen LogP contribution in [0, 0.1) is 0 Å². The number of amides is 1. The van der Waals surface area contributed by atoms with Crippen LogP contribution < -0.4 is 4.74 Å². The maximum atomic E-state index is 12.9. The number of rotatable bonds is 9. The van der Waals surface area contributed by atoms with Gasteiger partial charge in [0.1, 0.15) is 5.75 Å². The van der Waals surface area contributed by atoms with Crippen LogP contribution in [0.4, 0.5) is 0 Å². The van der Waals surface area contributed by atoms with E-state index >= 15 is 0 Å². The standard InChI is InChI=1S/C28H33N3O2/c1-30(26-15-19-31(20-16-26)18-14-25-12-7-8-17-29-25)28(32)22-33-27-13-6-5-11-24(27)21-23-9-3-2-4-10-23/h2-13,17,26H,14-16,18-22H2,1H3. The SMILES string of the molecule is CN(C(=O)COc1ccccc1Cc1ccccc1)C1CCN(CCc2ccccn2)CC1. The molecule has 0 atom stereocenters. The number of ether oxygens (including phenoxy) is 1. The molecule has 0 unspecified atom stereocenters. The van der Waals surface area contributed by atoms with Crippen LogP contribution in [0.15, 0.2) is 79.0 Å². The van der Waals surface area contributed by atoms with Gasteiger partial charge in [-0.25, -0.2) is 0 Å². The van der Waals surface area contributed by atoms with Crippen LogP contribution in [0.2, 0.25) is 0 Å². The van der Waals surface area contributed by atoms with Gasteiger partial charge in [0.15, 0.2) is 6.61 Å². The fourth-order valence-electron chi connectivity index (χ4n) is 4.40. The van der Waals surface area contributed by atoms with Gasteiger partial charge in [0.05, 0.1) is 0 Å². The number of likely N-dealkylation sites (N-methyl/N-ethyl adjacent to an activating group) is 1.